The number of alkyl halides is 2. The van der Waals surface area contributed by atoms with Gasteiger partial charge in [-0.25, -0.2) is 17.2 Å². The quantitative estimate of drug-likeness (QED) is 0.658. The van der Waals surface area contributed by atoms with Gasteiger partial charge in [-0.05, 0) is 6.07 Å². The van der Waals surface area contributed by atoms with Gasteiger partial charge >= 0.3 is 0 Å². The molecule has 1 aromatic heterocycles. The van der Waals surface area contributed by atoms with Crippen molar-refractivity contribution in [3.63, 3.8) is 0 Å². The summed E-state index contributed by atoms with van der Waals surface area (Å²) in [4.78, 5) is 12.6. The average molecular weight is 464 g/mol. The van der Waals surface area contributed by atoms with Crippen LogP contribution in [0.1, 0.15) is 21.8 Å². The van der Waals surface area contributed by atoms with E-state index >= 15 is 0 Å². The third-order valence-corrected chi connectivity index (χ3v) is 6.88. The molecule has 2 heterocycles. The first-order chi connectivity index (χ1) is 14.3. The second-order valence-corrected chi connectivity index (χ2v) is 8.87. The molecule has 1 fully saturated rings. The van der Waals surface area contributed by atoms with E-state index in [1.165, 1.54) is 24.6 Å². The van der Waals surface area contributed by atoms with Gasteiger partial charge in [0, 0.05) is 19.2 Å². The third-order valence-electron chi connectivity index (χ3n) is 4.15. The molecule has 14 heteroatoms. The average Bonchev–Trinajstić information content (AvgIpc) is 3.22. The molecule has 3 rings (SSSR count). The molecule has 1 saturated heterocycles. The molecule has 0 saturated carbocycles. The molecule has 2 aromatic rings. The molecule has 0 radical (unpaired) electrons. The minimum Gasteiger partial charge on any atom is -0.493 e. The summed E-state index contributed by atoms with van der Waals surface area (Å²) in [6.07, 6.45) is -2.83. The normalized spacial score (nSPS) is 15.2. The molecule has 0 unspecified atom stereocenters. The highest BCUT2D eigenvalue weighted by atomic mass is 32.2. The van der Waals surface area contributed by atoms with Crippen molar-refractivity contribution in [3.8, 4) is 11.5 Å². The number of benzene rings is 1. The number of nitrogens with one attached hydrogen (secondary N) is 1. The Balaban J connectivity index is 1.99. The predicted molar refractivity (Wildman–Crippen MR) is 102 cm³/mol. The van der Waals surface area contributed by atoms with E-state index in [1.807, 2.05) is 0 Å². The Morgan fingerprint density at radius 3 is 2.50 bits per heavy atom. The van der Waals surface area contributed by atoms with Crippen LogP contribution in [0.25, 0.3) is 0 Å². The molecule has 0 aliphatic carbocycles. The van der Waals surface area contributed by atoms with Gasteiger partial charge < -0.3 is 14.2 Å². The predicted octanol–water partition coefficient (Wildman–Crippen LogP) is 1.77. The SMILES string of the molecule is COc1cc(S(=O)(=O)N2CCOCC2)cc(C(=O)Nc2nnc(C(F)F)s2)c1OC. The smallest absolute Gasteiger partial charge is 0.291 e. The number of nitrogens with zero attached hydrogens (tertiary/aromatic N) is 3. The van der Waals surface area contributed by atoms with Crippen LogP contribution in [0.4, 0.5) is 13.9 Å². The topological polar surface area (TPSA) is 120 Å². The van der Waals surface area contributed by atoms with E-state index in [9.17, 15) is 22.0 Å². The zero-order chi connectivity index (χ0) is 21.9. The number of amides is 1. The first-order valence-electron chi connectivity index (χ1n) is 8.54. The largest absolute Gasteiger partial charge is 0.493 e. The van der Waals surface area contributed by atoms with Crippen LogP contribution in [0.3, 0.4) is 0 Å². The Hall–Kier alpha value is -2.42. The molecule has 1 N–H and O–H groups in total. The molecule has 1 aliphatic rings. The fourth-order valence-corrected chi connectivity index (χ4v) is 4.78. The van der Waals surface area contributed by atoms with Gasteiger partial charge in [0.2, 0.25) is 15.2 Å². The first-order valence-corrected chi connectivity index (χ1v) is 10.8. The summed E-state index contributed by atoms with van der Waals surface area (Å²) in [7, 11) is -1.36. The molecule has 1 aliphatic heterocycles. The molecule has 1 aromatic carbocycles. The number of anilines is 1. The zero-order valence-electron chi connectivity index (χ0n) is 15.9. The second kappa shape index (κ2) is 9.16. The van der Waals surface area contributed by atoms with Crippen molar-refractivity contribution in [3.05, 3.63) is 22.7 Å². The summed E-state index contributed by atoms with van der Waals surface area (Å²) in [6, 6.07) is 2.39. The summed E-state index contributed by atoms with van der Waals surface area (Å²) >= 11 is 0.503. The van der Waals surface area contributed by atoms with Crippen LogP contribution >= 0.6 is 11.3 Å². The summed E-state index contributed by atoms with van der Waals surface area (Å²) in [5.41, 5.74) is -0.169. The highest BCUT2D eigenvalue weighted by Crippen LogP contribution is 2.36. The van der Waals surface area contributed by atoms with Crippen molar-refractivity contribution in [2.45, 2.75) is 11.3 Å². The molecule has 164 valence electrons. The van der Waals surface area contributed by atoms with Gasteiger partial charge in [0.1, 0.15) is 0 Å². The maximum Gasteiger partial charge on any atom is 0.291 e. The number of halogens is 2. The van der Waals surface area contributed by atoms with E-state index in [4.69, 9.17) is 14.2 Å². The number of hydrogen-bond donors (Lipinski definition) is 1. The van der Waals surface area contributed by atoms with E-state index in [0.29, 0.717) is 11.3 Å². The van der Waals surface area contributed by atoms with Gasteiger partial charge in [0.05, 0.1) is 37.9 Å². The van der Waals surface area contributed by atoms with E-state index in [0.717, 1.165) is 6.07 Å². The first kappa shape index (κ1) is 22.3. The summed E-state index contributed by atoms with van der Waals surface area (Å²) in [5, 5.41) is 8.38. The number of carbonyl (C=O) groups excluding carboxylic acids is 1. The lowest BCUT2D eigenvalue weighted by Crippen LogP contribution is -2.40. The van der Waals surface area contributed by atoms with Crippen molar-refractivity contribution < 1.29 is 36.2 Å². The Morgan fingerprint density at radius 1 is 1.23 bits per heavy atom. The van der Waals surface area contributed by atoms with E-state index in [1.54, 1.807) is 0 Å². The van der Waals surface area contributed by atoms with E-state index in [-0.39, 0.29) is 53.4 Å². The van der Waals surface area contributed by atoms with Crippen molar-refractivity contribution in [2.75, 3.05) is 45.8 Å². The van der Waals surface area contributed by atoms with Crippen LogP contribution in [0, 0.1) is 0 Å². The molecule has 10 nitrogen and oxygen atoms in total. The molecule has 0 spiro atoms. The van der Waals surface area contributed by atoms with Gasteiger partial charge in [0.25, 0.3) is 12.3 Å². The van der Waals surface area contributed by atoms with Crippen molar-refractivity contribution in [1.82, 2.24) is 14.5 Å². The molecular weight excluding hydrogens is 446 g/mol. The number of aromatic nitrogens is 2. The lowest BCUT2D eigenvalue weighted by atomic mass is 10.1. The van der Waals surface area contributed by atoms with Crippen LogP contribution in [-0.2, 0) is 14.8 Å². The monoisotopic (exact) mass is 464 g/mol. The van der Waals surface area contributed by atoms with Gasteiger partial charge in [-0.3, -0.25) is 10.1 Å². The van der Waals surface area contributed by atoms with Crippen LogP contribution in [-0.4, -0.2) is 69.4 Å². The third kappa shape index (κ3) is 4.50. The number of rotatable bonds is 7. The molecular formula is C16H18F2N4O6S2. The van der Waals surface area contributed by atoms with Crippen molar-refractivity contribution in [2.24, 2.45) is 0 Å². The minimum absolute atomic E-state index is 0.0162. The van der Waals surface area contributed by atoms with E-state index < -0.39 is 27.4 Å². The van der Waals surface area contributed by atoms with Crippen molar-refractivity contribution in [1.29, 1.82) is 0 Å². The minimum atomic E-state index is -3.94. The Morgan fingerprint density at radius 2 is 1.93 bits per heavy atom. The maximum atomic E-state index is 13.0. The molecule has 0 atom stereocenters. The lowest BCUT2D eigenvalue weighted by molar-refractivity contribution is 0.0730. The number of hydrogen-bond acceptors (Lipinski definition) is 9. The number of morpholine rings is 1. The standard InChI is InChI=1S/C16H18F2N4O6S2/c1-26-11-8-9(30(24,25)22-3-5-28-6-4-22)7-10(12(11)27-2)14(23)19-16-21-20-15(29-16)13(17)18/h7-8,13H,3-6H2,1-2H3,(H,19,21,23). The maximum absolute atomic E-state index is 13.0. The fourth-order valence-electron chi connectivity index (χ4n) is 2.73. The molecule has 30 heavy (non-hydrogen) atoms. The van der Waals surface area contributed by atoms with Gasteiger partial charge in [-0.1, -0.05) is 11.3 Å². The Bertz CT molecular complexity index is 1020. The van der Waals surface area contributed by atoms with Crippen LogP contribution in [0.15, 0.2) is 17.0 Å². The highest BCUT2D eigenvalue weighted by molar-refractivity contribution is 7.89. The van der Waals surface area contributed by atoms with Crippen LogP contribution in [0.5, 0.6) is 11.5 Å². The van der Waals surface area contributed by atoms with Gasteiger partial charge in [0.15, 0.2) is 16.5 Å². The molecule has 1 amide bonds. The number of sulfonamides is 1. The Kier molecular flexibility index (Phi) is 6.80. The van der Waals surface area contributed by atoms with Gasteiger partial charge in [-0.15, -0.1) is 10.2 Å². The summed E-state index contributed by atoms with van der Waals surface area (Å²) in [5.74, 6) is -0.821. The number of methoxy groups -OCH3 is 2. The fraction of sp³-hybridized carbons (Fsp3) is 0.438. The van der Waals surface area contributed by atoms with E-state index in [2.05, 4.69) is 15.5 Å². The van der Waals surface area contributed by atoms with Crippen molar-refractivity contribution >= 4 is 32.4 Å². The second-order valence-electron chi connectivity index (χ2n) is 5.92. The molecule has 0 bridgehead atoms. The number of carbonyl (C=O) groups is 1. The van der Waals surface area contributed by atoms with Crippen LogP contribution < -0.4 is 14.8 Å². The number of ether oxygens (including phenoxy) is 3. The highest BCUT2D eigenvalue weighted by Gasteiger charge is 2.30. The summed E-state index contributed by atoms with van der Waals surface area (Å²) in [6.45, 7) is 0.839. The van der Waals surface area contributed by atoms with Crippen LogP contribution in [0.2, 0.25) is 0 Å². The van der Waals surface area contributed by atoms with Gasteiger partial charge in [-0.2, -0.15) is 4.31 Å². The Labute approximate surface area is 174 Å². The lowest BCUT2D eigenvalue weighted by Gasteiger charge is -2.26. The summed E-state index contributed by atoms with van der Waals surface area (Å²) < 4.78 is 68.2. The zero-order valence-corrected chi connectivity index (χ0v) is 17.6.